The molecule has 4 aromatic rings. The van der Waals surface area contributed by atoms with Crippen molar-refractivity contribution in [1.82, 2.24) is 19.6 Å². The van der Waals surface area contributed by atoms with E-state index in [-0.39, 0.29) is 11.5 Å². The summed E-state index contributed by atoms with van der Waals surface area (Å²) in [6.07, 6.45) is 6.84. The van der Waals surface area contributed by atoms with Gasteiger partial charge in [-0.15, -0.1) is 0 Å². The predicted octanol–water partition coefficient (Wildman–Crippen LogP) is 3.94. The number of piperidine rings is 1. The fourth-order valence-corrected chi connectivity index (χ4v) is 5.54. The summed E-state index contributed by atoms with van der Waals surface area (Å²) in [6, 6.07) is 16.7. The van der Waals surface area contributed by atoms with Crippen LogP contribution in [-0.2, 0) is 6.42 Å². The molecule has 4 heterocycles. The highest BCUT2D eigenvalue weighted by Gasteiger charge is 2.46. The summed E-state index contributed by atoms with van der Waals surface area (Å²) in [4.78, 5) is 12.1. The van der Waals surface area contributed by atoms with E-state index < -0.39 is 0 Å². The van der Waals surface area contributed by atoms with E-state index in [1.165, 1.54) is 11.3 Å². The van der Waals surface area contributed by atoms with Crippen molar-refractivity contribution >= 4 is 11.3 Å². The number of benzene rings is 1. The van der Waals surface area contributed by atoms with Gasteiger partial charge in [-0.25, -0.2) is 9.50 Å². The minimum Gasteiger partial charge on any atom is -0.355 e. The predicted molar refractivity (Wildman–Crippen MR) is 122 cm³/mol. The Hall–Kier alpha value is -3.25. The summed E-state index contributed by atoms with van der Waals surface area (Å²) in [6.45, 7) is 3.97. The van der Waals surface area contributed by atoms with Crippen LogP contribution in [0.5, 0.6) is 0 Å². The number of fused-ring (bicyclic) bond motifs is 2. The molecule has 0 saturated carbocycles. The molecule has 1 aliphatic carbocycles. The Balaban J connectivity index is 1.33. The Labute approximate surface area is 181 Å². The zero-order valence-corrected chi connectivity index (χ0v) is 17.7. The SMILES string of the molecule is Cc1nc(N2CCC3(CC2)Cc2ncccc2C3N)c2ccnn2c1-c1ccccc1. The molecule has 2 N–H and O–H groups in total. The topological polar surface area (TPSA) is 72.3 Å². The number of hydrogen-bond acceptors (Lipinski definition) is 5. The molecule has 6 heteroatoms. The second-order valence-corrected chi connectivity index (χ2v) is 8.91. The van der Waals surface area contributed by atoms with Gasteiger partial charge in [0.1, 0.15) is 5.52 Å². The maximum absolute atomic E-state index is 6.73. The summed E-state index contributed by atoms with van der Waals surface area (Å²) >= 11 is 0. The highest BCUT2D eigenvalue weighted by molar-refractivity contribution is 5.75. The van der Waals surface area contributed by atoms with Crippen molar-refractivity contribution in [2.75, 3.05) is 18.0 Å². The zero-order chi connectivity index (χ0) is 21.0. The average molecular weight is 411 g/mol. The Morgan fingerprint density at radius 2 is 1.81 bits per heavy atom. The van der Waals surface area contributed by atoms with Crippen molar-refractivity contribution in [1.29, 1.82) is 0 Å². The third kappa shape index (κ3) is 2.78. The quantitative estimate of drug-likeness (QED) is 0.542. The van der Waals surface area contributed by atoms with E-state index in [4.69, 9.17) is 10.7 Å². The van der Waals surface area contributed by atoms with Crippen molar-refractivity contribution in [3.05, 3.63) is 77.9 Å². The van der Waals surface area contributed by atoms with Gasteiger partial charge >= 0.3 is 0 Å². The lowest BCUT2D eigenvalue weighted by molar-refractivity contribution is 0.187. The smallest absolute Gasteiger partial charge is 0.155 e. The molecule has 3 aromatic heterocycles. The van der Waals surface area contributed by atoms with Crippen LogP contribution in [0.2, 0.25) is 0 Å². The Bertz CT molecular complexity index is 1250. The highest BCUT2D eigenvalue weighted by Crippen LogP contribution is 2.50. The second-order valence-electron chi connectivity index (χ2n) is 8.91. The van der Waals surface area contributed by atoms with Gasteiger partial charge < -0.3 is 10.6 Å². The Kier molecular flexibility index (Phi) is 4.11. The van der Waals surface area contributed by atoms with E-state index >= 15 is 0 Å². The molecule has 1 saturated heterocycles. The summed E-state index contributed by atoms with van der Waals surface area (Å²) < 4.78 is 2.04. The maximum atomic E-state index is 6.73. The average Bonchev–Trinajstić information content (AvgIpc) is 3.38. The molecule has 0 radical (unpaired) electrons. The molecule has 2 aliphatic rings. The van der Waals surface area contributed by atoms with Gasteiger partial charge in [0.25, 0.3) is 0 Å². The van der Waals surface area contributed by atoms with Gasteiger partial charge in [0.2, 0.25) is 0 Å². The molecule has 31 heavy (non-hydrogen) atoms. The standard InChI is InChI=1S/C25H26N6/c1-17-22(18-6-3-2-4-7-18)31-21(9-13-28-31)24(29-17)30-14-10-25(11-15-30)16-20-19(23(25)26)8-5-12-27-20/h2-9,12-13,23H,10-11,14-16,26H2,1H3. The number of nitrogens with zero attached hydrogens (tertiary/aromatic N) is 5. The van der Waals surface area contributed by atoms with E-state index in [1.54, 1.807) is 0 Å². The number of anilines is 1. The third-order valence-electron chi connectivity index (χ3n) is 7.25. The first-order valence-electron chi connectivity index (χ1n) is 11.0. The molecule has 1 atom stereocenters. The first-order chi connectivity index (χ1) is 15.2. The number of aromatic nitrogens is 4. The first kappa shape index (κ1) is 18.5. The lowest BCUT2D eigenvalue weighted by Gasteiger charge is -2.42. The van der Waals surface area contributed by atoms with Crippen LogP contribution in [0.15, 0.2) is 60.9 Å². The molecular formula is C25H26N6. The number of rotatable bonds is 2. The minimum absolute atomic E-state index is 0.0727. The summed E-state index contributed by atoms with van der Waals surface area (Å²) in [5.41, 5.74) is 13.5. The van der Waals surface area contributed by atoms with Gasteiger partial charge in [-0.1, -0.05) is 36.4 Å². The molecule has 156 valence electrons. The Morgan fingerprint density at radius 3 is 2.58 bits per heavy atom. The Morgan fingerprint density at radius 1 is 1.00 bits per heavy atom. The maximum Gasteiger partial charge on any atom is 0.155 e. The number of pyridine rings is 1. The van der Waals surface area contributed by atoms with E-state index in [2.05, 4.69) is 58.3 Å². The molecular weight excluding hydrogens is 384 g/mol. The van der Waals surface area contributed by atoms with Crippen LogP contribution in [0.1, 0.15) is 35.8 Å². The molecule has 0 amide bonds. The third-order valence-corrected chi connectivity index (χ3v) is 7.25. The van der Waals surface area contributed by atoms with Crippen molar-refractivity contribution in [2.45, 2.75) is 32.2 Å². The molecule has 1 fully saturated rings. The van der Waals surface area contributed by atoms with Gasteiger partial charge in [0, 0.05) is 36.6 Å². The highest BCUT2D eigenvalue weighted by atomic mass is 15.3. The summed E-state index contributed by atoms with van der Waals surface area (Å²) in [5, 5.41) is 4.64. The number of aryl methyl sites for hydroxylation is 1. The molecule has 0 bridgehead atoms. The summed E-state index contributed by atoms with van der Waals surface area (Å²) in [7, 11) is 0. The van der Waals surface area contributed by atoms with E-state index in [1.807, 2.05) is 29.0 Å². The first-order valence-corrected chi connectivity index (χ1v) is 11.0. The van der Waals surface area contributed by atoms with Crippen LogP contribution in [-0.4, -0.2) is 32.7 Å². The fraction of sp³-hybridized carbons (Fsp3) is 0.320. The van der Waals surface area contributed by atoms with Gasteiger partial charge in [-0.05, 0) is 49.3 Å². The van der Waals surface area contributed by atoms with Crippen LogP contribution >= 0.6 is 0 Å². The lowest BCUT2D eigenvalue weighted by Crippen LogP contribution is -2.44. The van der Waals surface area contributed by atoms with Gasteiger partial charge in [-0.3, -0.25) is 4.98 Å². The van der Waals surface area contributed by atoms with Crippen LogP contribution in [0.3, 0.4) is 0 Å². The van der Waals surface area contributed by atoms with Gasteiger partial charge in [0.05, 0.1) is 17.6 Å². The van der Waals surface area contributed by atoms with Crippen molar-refractivity contribution in [2.24, 2.45) is 11.1 Å². The lowest BCUT2D eigenvalue weighted by atomic mass is 9.73. The van der Waals surface area contributed by atoms with Crippen LogP contribution < -0.4 is 10.6 Å². The monoisotopic (exact) mass is 410 g/mol. The molecule has 6 nitrogen and oxygen atoms in total. The summed E-state index contributed by atoms with van der Waals surface area (Å²) in [5.74, 6) is 1.02. The fourth-order valence-electron chi connectivity index (χ4n) is 5.54. The normalized spacial score (nSPS) is 19.8. The van der Waals surface area contributed by atoms with Gasteiger partial charge in [-0.2, -0.15) is 5.10 Å². The van der Waals surface area contributed by atoms with E-state index in [0.717, 1.165) is 60.6 Å². The molecule has 1 spiro atoms. The van der Waals surface area contributed by atoms with E-state index in [9.17, 15) is 0 Å². The number of hydrogen-bond donors (Lipinski definition) is 1. The number of nitrogens with two attached hydrogens (primary N) is 1. The van der Waals surface area contributed by atoms with Gasteiger partial charge in [0.15, 0.2) is 5.82 Å². The second kappa shape index (κ2) is 6.89. The molecule has 1 aliphatic heterocycles. The molecule has 1 aromatic carbocycles. The minimum atomic E-state index is 0.0727. The van der Waals surface area contributed by atoms with Crippen molar-refractivity contribution < 1.29 is 0 Å². The van der Waals surface area contributed by atoms with Crippen molar-refractivity contribution in [3.8, 4) is 11.3 Å². The largest absolute Gasteiger partial charge is 0.355 e. The van der Waals surface area contributed by atoms with E-state index in [0.29, 0.717) is 0 Å². The van der Waals surface area contributed by atoms with Crippen LogP contribution in [0, 0.1) is 12.3 Å². The van der Waals surface area contributed by atoms with Crippen LogP contribution in [0.25, 0.3) is 16.8 Å². The molecule has 6 rings (SSSR count). The molecule has 1 unspecified atom stereocenters. The van der Waals surface area contributed by atoms with Crippen LogP contribution in [0.4, 0.5) is 5.82 Å². The zero-order valence-electron chi connectivity index (χ0n) is 17.7. The van der Waals surface area contributed by atoms with Crippen molar-refractivity contribution in [3.63, 3.8) is 0 Å².